The van der Waals surface area contributed by atoms with Crippen molar-refractivity contribution in [3.63, 3.8) is 0 Å². The van der Waals surface area contributed by atoms with Gasteiger partial charge in [0.05, 0.1) is 10.0 Å². The summed E-state index contributed by atoms with van der Waals surface area (Å²) in [6.45, 7) is 2.01. The van der Waals surface area contributed by atoms with Crippen LogP contribution in [0.1, 0.15) is 21.5 Å². The first-order valence-electron chi connectivity index (χ1n) is 5.88. The predicted octanol–water partition coefficient (Wildman–Crippen LogP) is 4.89. The minimum Gasteiger partial charge on any atom is -0.478 e. The molecule has 0 amide bonds. The van der Waals surface area contributed by atoms with Crippen LogP contribution in [-0.2, 0) is 5.75 Å². The molecule has 0 aliphatic carbocycles. The van der Waals surface area contributed by atoms with Crippen LogP contribution in [-0.4, -0.2) is 11.1 Å². The first-order valence-corrected chi connectivity index (χ1v) is 7.66. The average Bonchev–Trinajstić information content (AvgIpc) is 2.40. The first-order chi connectivity index (χ1) is 9.49. The SMILES string of the molecule is Cc1cccc(CSc2ccc(C(=O)O)c(Br)c2F)c1. The minimum atomic E-state index is -1.15. The van der Waals surface area contributed by atoms with Crippen molar-refractivity contribution in [2.75, 3.05) is 0 Å². The number of carbonyl (C=O) groups is 1. The lowest BCUT2D eigenvalue weighted by atomic mass is 10.2. The van der Waals surface area contributed by atoms with Crippen LogP contribution >= 0.6 is 27.7 Å². The monoisotopic (exact) mass is 354 g/mol. The zero-order chi connectivity index (χ0) is 14.7. The smallest absolute Gasteiger partial charge is 0.336 e. The lowest BCUT2D eigenvalue weighted by Crippen LogP contribution is -2.00. The Labute approximate surface area is 129 Å². The van der Waals surface area contributed by atoms with Crippen molar-refractivity contribution in [1.82, 2.24) is 0 Å². The zero-order valence-corrected chi connectivity index (χ0v) is 13.1. The molecule has 5 heteroatoms. The second-order valence-electron chi connectivity index (χ2n) is 4.32. The van der Waals surface area contributed by atoms with Crippen molar-refractivity contribution in [3.8, 4) is 0 Å². The van der Waals surface area contributed by atoms with Crippen molar-refractivity contribution in [2.45, 2.75) is 17.6 Å². The van der Waals surface area contributed by atoms with Gasteiger partial charge >= 0.3 is 5.97 Å². The molecule has 0 aromatic heterocycles. The van der Waals surface area contributed by atoms with Crippen molar-refractivity contribution >= 4 is 33.7 Å². The van der Waals surface area contributed by atoms with Gasteiger partial charge in [0.15, 0.2) is 5.82 Å². The molecule has 2 nitrogen and oxygen atoms in total. The molecular formula is C15H12BrFO2S. The van der Waals surface area contributed by atoms with E-state index in [0.29, 0.717) is 10.6 Å². The van der Waals surface area contributed by atoms with E-state index < -0.39 is 11.8 Å². The van der Waals surface area contributed by atoms with Crippen LogP contribution < -0.4 is 0 Å². The van der Waals surface area contributed by atoms with Crippen molar-refractivity contribution in [2.24, 2.45) is 0 Å². The lowest BCUT2D eigenvalue weighted by molar-refractivity contribution is 0.0695. The number of rotatable bonds is 4. The van der Waals surface area contributed by atoms with Crippen LogP contribution in [0.5, 0.6) is 0 Å². The Morgan fingerprint density at radius 2 is 2.10 bits per heavy atom. The number of carboxylic acids is 1. The van der Waals surface area contributed by atoms with E-state index in [2.05, 4.69) is 15.9 Å². The Morgan fingerprint density at radius 1 is 1.35 bits per heavy atom. The highest BCUT2D eigenvalue weighted by Gasteiger charge is 2.16. The predicted molar refractivity (Wildman–Crippen MR) is 81.8 cm³/mol. The van der Waals surface area contributed by atoms with Crippen LogP contribution in [0, 0.1) is 12.7 Å². The Hall–Kier alpha value is -1.33. The van der Waals surface area contributed by atoms with Gasteiger partial charge in [-0.1, -0.05) is 29.8 Å². The largest absolute Gasteiger partial charge is 0.478 e. The van der Waals surface area contributed by atoms with Gasteiger partial charge in [-0.25, -0.2) is 9.18 Å². The van der Waals surface area contributed by atoms with E-state index in [1.807, 2.05) is 31.2 Å². The summed E-state index contributed by atoms with van der Waals surface area (Å²) in [5.41, 5.74) is 2.20. The molecule has 20 heavy (non-hydrogen) atoms. The Balaban J connectivity index is 2.18. The van der Waals surface area contributed by atoms with Gasteiger partial charge in [-0.05, 0) is 40.5 Å². The average molecular weight is 355 g/mol. The molecular weight excluding hydrogens is 343 g/mol. The maximum atomic E-state index is 14.1. The molecule has 2 aromatic carbocycles. The van der Waals surface area contributed by atoms with Gasteiger partial charge in [-0.15, -0.1) is 11.8 Å². The number of benzene rings is 2. The second-order valence-corrected chi connectivity index (χ2v) is 6.13. The van der Waals surface area contributed by atoms with Crippen molar-refractivity contribution < 1.29 is 14.3 Å². The first kappa shape index (κ1) is 15.1. The number of hydrogen-bond donors (Lipinski definition) is 1. The third kappa shape index (κ3) is 3.41. The molecule has 104 valence electrons. The summed E-state index contributed by atoms with van der Waals surface area (Å²) < 4.78 is 14.1. The third-order valence-electron chi connectivity index (χ3n) is 2.75. The van der Waals surface area contributed by atoms with Crippen LogP contribution in [0.15, 0.2) is 45.8 Å². The molecule has 0 spiro atoms. The van der Waals surface area contributed by atoms with E-state index in [-0.39, 0.29) is 10.0 Å². The minimum absolute atomic E-state index is 0.000702. The van der Waals surface area contributed by atoms with Gasteiger partial charge in [-0.3, -0.25) is 0 Å². The molecule has 0 unspecified atom stereocenters. The molecule has 2 rings (SSSR count). The number of thioether (sulfide) groups is 1. The van der Waals surface area contributed by atoms with Gasteiger partial charge in [0.2, 0.25) is 0 Å². The summed E-state index contributed by atoms with van der Waals surface area (Å²) in [6, 6.07) is 10.9. The fraction of sp³-hybridized carbons (Fsp3) is 0.133. The number of hydrogen-bond acceptors (Lipinski definition) is 2. The summed E-state index contributed by atoms with van der Waals surface area (Å²) in [4.78, 5) is 11.3. The standard InChI is InChI=1S/C15H12BrFO2S/c1-9-3-2-4-10(7-9)8-20-12-6-5-11(15(18)19)13(16)14(12)17/h2-7H,8H2,1H3,(H,18,19). The quantitative estimate of drug-likeness (QED) is 0.794. The van der Waals surface area contributed by atoms with Gasteiger partial charge in [0, 0.05) is 10.6 Å². The fourth-order valence-electron chi connectivity index (χ4n) is 1.77. The molecule has 0 atom stereocenters. The summed E-state index contributed by atoms with van der Waals surface area (Å²) in [5, 5.41) is 8.92. The molecule has 0 saturated carbocycles. The van der Waals surface area contributed by atoms with E-state index in [9.17, 15) is 9.18 Å². The topological polar surface area (TPSA) is 37.3 Å². The Morgan fingerprint density at radius 3 is 2.75 bits per heavy atom. The lowest BCUT2D eigenvalue weighted by Gasteiger charge is -2.07. The fourth-order valence-corrected chi connectivity index (χ4v) is 3.31. The number of halogens is 2. The van der Waals surface area contributed by atoms with E-state index in [4.69, 9.17) is 5.11 Å². The van der Waals surface area contributed by atoms with Crippen LogP contribution in [0.25, 0.3) is 0 Å². The number of aromatic carboxylic acids is 1. The Kier molecular flexibility index (Phi) is 4.83. The molecule has 1 N–H and O–H groups in total. The molecule has 0 saturated heterocycles. The van der Waals surface area contributed by atoms with Crippen molar-refractivity contribution in [3.05, 3.63) is 63.4 Å². The highest BCUT2D eigenvalue weighted by Crippen LogP contribution is 2.32. The summed E-state index contributed by atoms with van der Waals surface area (Å²) >= 11 is 4.35. The van der Waals surface area contributed by atoms with Crippen LogP contribution in [0.2, 0.25) is 0 Å². The zero-order valence-electron chi connectivity index (χ0n) is 10.7. The summed E-state index contributed by atoms with van der Waals surface area (Å²) in [6.07, 6.45) is 0. The van der Waals surface area contributed by atoms with Gasteiger partial charge < -0.3 is 5.11 Å². The molecule has 0 aliphatic rings. The number of carboxylic acid groups (broad SMARTS) is 1. The Bertz CT molecular complexity index is 658. The maximum absolute atomic E-state index is 14.1. The number of aryl methyl sites for hydroxylation is 1. The summed E-state index contributed by atoms with van der Waals surface area (Å²) in [5.74, 6) is -1.04. The third-order valence-corrected chi connectivity index (χ3v) is 4.63. The molecule has 0 heterocycles. The van der Waals surface area contributed by atoms with E-state index in [1.54, 1.807) is 0 Å². The van der Waals surface area contributed by atoms with Crippen LogP contribution in [0.4, 0.5) is 4.39 Å². The molecule has 0 bridgehead atoms. The molecule has 0 aliphatic heterocycles. The van der Waals surface area contributed by atoms with E-state index >= 15 is 0 Å². The van der Waals surface area contributed by atoms with Gasteiger partial charge in [0.25, 0.3) is 0 Å². The van der Waals surface area contributed by atoms with Gasteiger partial charge in [0.1, 0.15) is 0 Å². The molecule has 0 fully saturated rings. The van der Waals surface area contributed by atoms with Gasteiger partial charge in [-0.2, -0.15) is 0 Å². The van der Waals surface area contributed by atoms with Crippen molar-refractivity contribution in [1.29, 1.82) is 0 Å². The van der Waals surface area contributed by atoms with E-state index in [0.717, 1.165) is 11.1 Å². The highest BCUT2D eigenvalue weighted by atomic mass is 79.9. The summed E-state index contributed by atoms with van der Waals surface area (Å²) in [7, 11) is 0. The second kappa shape index (κ2) is 6.41. The van der Waals surface area contributed by atoms with E-state index in [1.165, 1.54) is 23.9 Å². The van der Waals surface area contributed by atoms with Crippen LogP contribution in [0.3, 0.4) is 0 Å². The molecule has 2 aromatic rings. The molecule has 0 radical (unpaired) electrons. The normalized spacial score (nSPS) is 10.6. The maximum Gasteiger partial charge on any atom is 0.336 e. The highest BCUT2D eigenvalue weighted by molar-refractivity contribution is 9.10.